The van der Waals surface area contributed by atoms with Gasteiger partial charge in [0.2, 0.25) is 0 Å². The monoisotopic (exact) mass is 266 g/mol. The van der Waals surface area contributed by atoms with Gasteiger partial charge in [0.05, 0.1) is 13.3 Å². The van der Waals surface area contributed by atoms with Crippen LogP contribution in [0, 0.1) is 6.92 Å². The molecule has 3 nitrogen and oxygen atoms in total. The molecule has 0 radical (unpaired) electrons. The summed E-state index contributed by atoms with van der Waals surface area (Å²) >= 11 is 0. The van der Waals surface area contributed by atoms with E-state index in [2.05, 4.69) is 17.9 Å². The van der Waals surface area contributed by atoms with Crippen LogP contribution < -0.4 is 15.4 Å². The quantitative estimate of drug-likeness (QED) is 0.833. The molecule has 1 heterocycles. The fraction of sp³-hybridized carbons (Fsp3) is 0.600. The molecule has 0 bridgehead atoms. The molecule has 106 valence electrons. The molecule has 0 aromatic heterocycles. The Bertz CT molecular complexity index is 403. The van der Waals surface area contributed by atoms with Crippen LogP contribution in [0.3, 0.4) is 0 Å². The van der Waals surface area contributed by atoms with Crippen molar-refractivity contribution in [2.24, 2.45) is 5.73 Å². The number of halogens is 1. The number of benzene rings is 1. The number of nitrogens with zero attached hydrogens (tertiary/aromatic N) is 1. The van der Waals surface area contributed by atoms with E-state index in [1.165, 1.54) is 11.3 Å². The Hall–Kier alpha value is -1.29. The van der Waals surface area contributed by atoms with Gasteiger partial charge in [0, 0.05) is 31.2 Å². The van der Waals surface area contributed by atoms with Crippen LogP contribution in [0.15, 0.2) is 18.2 Å². The van der Waals surface area contributed by atoms with Crippen LogP contribution in [0.4, 0.5) is 10.1 Å². The number of aryl methyl sites for hydroxylation is 1. The maximum atomic E-state index is 12.0. The second kappa shape index (κ2) is 6.75. The van der Waals surface area contributed by atoms with Crippen molar-refractivity contribution >= 4 is 5.69 Å². The van der Waals surface area contributed by atoms with Crippen LogP contribution in [0.25, 0.3) is 0 Å². The smallest absolute Gasteiger partial charge is 0.119 e. The molecule has 0 atom stereocenters. The van der Waals surface area contributed by atoms with Crippen LogP contribution in [0.5, 0.6) is 5.75 Å². The molecule has 1 aromatic rings. The summed E-state index contributed by atoms with van der Waals surface area (Å²) in [5.74, 6) is 0.823. The topological polar surface area (TPSA) is 38.5 Å². The minimum atomic E-state index is -0.328. The number of ether oxygens (including phenoxy) is 1. The lowest BCUT2D eigenvalue weighted by atomic mass is 10.0. The van der Waals surface area contributed by atoms with Crippen LogP contribution in [0.1, 0.15) is 24.8 Å². The van der Waals surface area contributed by atoms with Gasteiger partial charge in [0.25, 0.3) is 0 Å². The first-order valence-corrected chi connectivity index (χ1v) is 7.00. The molecule has 1 aliphatic heterocycles. The number of anilines is 1. The second-order valence-electron chi connectivity index (χ2n) is 5.16. The Balaban J connectivity index is 1.98. The highest BCUT2D eigenvalue weighted by Gasteiger charge is 2.17. The molecule has 0 amide bonds. The molecular weight excluding hydrogens is 243 g/mol. The third-order valence-electron chi connectivity index (χ3n) is 3.60. The fourth-order valence-electron chi connectivity index (χ4n) is 2.46. The lowest BCUT2D eigenvalue weighted by Crippen LogP contribution is -2.39. The lowest BCUT2D eigenvalue weighted by Gasteiger charge is -2.33. The van der Waals surface area contributed by atoms with Gasteiger partial charge >= 0.3 is 0 Å². The van der Waals surface area contributed by atoms with Crippen molar-refractivity contribution < 1.29 is 9.13 Å². The number of alkyl halides is 1. The lowest BCUT2D eigenvalue weighted by molar-refractivity contribution is 0.289. The molecule has 1 aliphatic rings. The molecule has 19 heavy (non-hydrogen) atoms. The molecule has 0 aliphatic carbocycles. The number of rotatable bonds is 5. The normalized spacial score (nSPS) is 16.7. The Labute approximate surface area is 114 Å². The number of hydrogen-bond acceptors (Lipinski definition) is 3. The molecule has 2 rings (SSSR count). The highest BCUT2D eigenvalue weighted by Crippen LogP contribution is 2.27. The van der Waals surface area contributed by atoms with E-state index in [9.17, 15) is 4.39 Å². The van der Waals surface area contributed by atoms with Crippen molar-refractivity contribution in [2.75, 3.05) is 31.3 Å². The largest absolute Gasteiger partial charge is 0.493 e. The zero-order chi connectivity index (χ0) is 13.7. The van der Waals surface area contributed by atoms with Gasteiger partial charge in [-0.1, -0.05) is 0 Å². The predicted octanol–water partition coefficient (Wildman–Crippen LogP) is 2.66. The van der Waals surface area contributed by atoms with Crippen LogP contribution in [0.2, 0.25) is 0 Å². The molecular formula is C15H23FN2O. The van der Waals surface area contributed by atoms with Gasteiger partial charge in [-0.05, 0) is 43.5 Å². The van der Waals surface area contributed by atoms with Crippen molar-refractivity contribution in [3.8, 4) is 5.75 Å². The van der Waals surface area contributed by atoms with Gasteiger partial charge < -0.3 is 15.4 Å². The van der Waals surface area contributed by atoms with E-state index in [1.54, 1.807) is 0 Å². The van der Waals surface area contributed by atoms with Crippen LogP contribution >= 0.6 is 0 Å². The SMILES string of the molecule is Cc1cc(OCCCF)ccc1N1CCC(N)CC1. The molecule has 0 saturated carbocycles. The molecule has 1 saturated heterocycles. The first-order chi connectivity index (χ1) is 9.20. The van der Waals surface area contributed by atoms with Crippen LogP contribution in [-0.4, -0.2) is 32.4 Å². The van der Waals surface area contributed by atoms with Crippen molar-refractivity contribution in [3.63, 3.8) is 0 Å². The highest BCUT2D eigenvalue weighted by atomic mass is 19.1. The Kier molecular flexibility index (Phi) is 5.02. The van der Waals surface area contributed by atoms with Gasteiger partial charge in [-0.2, -0.15) is 0 Å². The average Bonchev–Trinajstić information content (AvgIpc) is 2.41. The summed E-state index contributed by atoms with van der Waals surface area (Å²) in [6.07, 6.45) is 2.55. The predicted molar refractivity (Wildman–Crippen MR) is 76.7 cm³/mol. The van der Waals surface area contributed by atoms with E-state index in [-0.39, 0.29) is 6.67 Å². The van der Waals surface area contributed by atoms with E-state index >= 15 is 0 Å². The summed E-state index contributed by atoms with van der Waals surface area (Å²) in [4.78, 5) is 2.38. The summed E-state index contributed by atoms with van der Waals surface area (Å²) in [7, 11) is 0. The Morgan fingerprint density at radius 1 is 1.37 bits per heavy atom. The third-order valence-corrected chi connectivity index (χ3v) is 3.60. The minimum Gasteiger partial charge on any atom is -0.493 e. The van der Waals surface area contributed by atoms with E-state index < -0.39 is 0 Å². The van der Waals surface area contributed by atoms with Crippen molar-refractivity contribution in [3.05, 3.63) is 23.8 Å². The average molecular weight is 266 g/mol. The van der Waals surface area contributed by atoms with Crippen molar-refractivity contribution in [2.45, 2.75) is 32.2 Å². The molecule has 1 aromatic carbocycles. The highest BCUT2D eigenvalue weighted by molar-refractivity contribution is 5.56. The standard InChI is InChI=1S/C15H23FN2O/c1-12-11-14(19-10-2-7-16)3-4-15(12)18-8-5-13(17)6-9-18/h3-4,11,13H,2,5-10,17H2,1H3. The van der Waals surface area contributed by atoms with Gasteiger partial charge in [-0.25, -0.2) is 0 Å². The number of piperidine rings is 1. The number of nitrogens with two attached hydrogens (primary N) is 1. The summed E-state index contributed by atoms with van der Waals surface area (Å²) in [5, 5.41) is 0. The van der Waals surface area contributed by atoms with Crippen molar-refractivity contribution in [1.29, 1.82) is 0 Å². The van der Waals surface area contributed by atoms with E-state index in [4.69, 9.17) is 10.5 Å². The maximum absolute atomic E-state index is 12.0. The van der Waals surface area contributed by atoms with E-state index in [1.807, 2.05) is 12.1 Å². The molecule has 0 unspecified atom stereocenters. The second-order valence-corrected chi connectivity index (χ2v) is 5.16. The van der Waals surface area contributed by atoms with Gasteiger partial charge in [0.15, 0.2) is 0 Å². The molecule has 4 heteroatoms. The van der Waals surface area contributed by atoms with Gasteiger partial charge in [0.1, 0.15) is 5.75 Å². The van der Waals surface area contributed by atoms with Gasteiger partial charge in [-0.3, -0.25) is 4.39 Å². The Morgan fingerprint density at radius 2 is 2.11 bits per heavy atom. The van der Waals surface area contributed by atoms with Crippen molar-refractivity contribution in [1.82, 2.24) is 0 Å². The summed E-state index contributed by atoms with van der Waals surface area (Å²) in [5.41, 5.74) is 8.38. The third kappa shape index (κ3) is 3.83. The fourth-order valence-corrected chi connectivity index (χ4v) is 2.46. The molecule has 1 fully saturated rings. The first-order valence-electron chi connectivity index (χ1n) is 7.00. The summed E-state index contributed by atoms with van der Waals surface area (Å²) in [6, 6.07) is 6.44. The summed E-state index contributed by atoms with van der Waals surface area (Å²) < 4.78 is 17.5. The molecule has 2 N–H and O–H groups in total. The number of hydrogen-bond donors (Lipinski definition) is 1. The van der Waals surface area contributed by atoms with Gasteiger partial charge in [-0.15, -0.1) is 0 Å². The maximum Gasteiger partial charge on any atom is 0.119 e. The molecule has 0 spiro atoms. The summed E-state index contributed by atoms with van der Waals surface area (Å²) in [6.45, 7) is 4.24. The minimum absolute atomic E-state index is 0.328. The Morgan fingerprint density at radius 3 is 2.74 bits per heavy atom. The first kappa shape index (κ1) is 14.1. The van der Waals surface area contributed by atoms with E-state index in [0.717, 1.165) is 31.7 Å². The zero-order valence-corrected chi connectivity index (χ0v) is 11.6. The van der Waals surface area contributed by atoms with Crippen LogP contribution in [-0.2, 0) is 0 Å². The van der Waals surface area contributed by atoms with E-state index in [0.29, 0.717) is 19.1 Å². The zero-order valence-electron chi connectivity index (χ0n) is 11.6.